The lowest BCUT2D eigenvalue weighted by Crippen LogP contribution is -2.37. The summed E-state index contributed by atoms with van der Waals surface area (Å²) in [7, 11) is 0. The Kier molecular flexibility index (Phi) is 6.38. The Morgan fingerprint density at radius 1 is 1.21 bits per heavy atom. The molecule has 0 amide bonds. The van der Waals surface area contributed by atoms with Gasteiger partial charge in [0.2, 0.25) is 0 Å². The van der Waals surface area contributed by atoms with Gasteiger partial charge in [0.25, 0.3) is 0 Å². The lowest BCUT2D eigenvalue weighted by molar-refractivity contribution is 0.0616. The van der Waals surface area contributed by atoms with E-state index in [1.165, 1.54) is 0 Å². The minimum Gasteiger partial charge on any atom is -0.381 e. The molecule has 1 N–H and O–H groups in total. The third kappa shape index (κ3) is 6.39. The predicted octanol–water partition coefficient (Wildman–Crippen LogP) is 2.68. The fourth-order valence-corrected chi connectivity index (χ4v) is 1.25. The van der Waals surface area contributed by atoms with Gasteiger partial charge >= 0.3 is 0 Å². The molecular weight excluding hydrogens is 174 g/mol. The maximum absolute atomic E-state index is 5.51. The van der Waals surface area contributed by atoms with Crippen LogP contribution in [0, 0.1) is 11.3 Å². The fraction of sp³-hybridized carbons (Fsp3) is 1.00. The van der Waals surface area contributed by atoms with Crippen LogP contribution in [-0.4, -0.2) is 25.8 Å². The van der Waals surface area contributed by atoms with Crippen LogP contribution >= 0.6 is 0 Å². The first-order valence-corrected chi connectivity index (χ1v) is 5.69. The van der Waals surface area contributed by atoms with E-state index in [0.29, 0.717) is 17.4 Å². The Balaban J connectivity index is 3.98. The molecule has 0 bridgehead atoms. The molecule has 2 nitrogen and oxygen atoms in total. The highest BCUT2D eigenvalue weighted by Crippen LogP contribution is 2.25. The molecule has 0 rings (SSSR count). The molecule has 0 saturated heterocycles. The normalized spacial score (nSPS) is 14.8. The average molecular weight is 201 g/mol. The molecule has 0 aliphatic rings. The first-order valence-electron chi connectivity index (χ1n) is 5.69. The number of ether oxygens (including phenoxy) is 1. The number of hydrogen-bond acceptors (Lipinski definition) is 2. The molecule has 0 aliphatic carbocycles. The first kappa shape index (κ1) is 13.9. The van der Waals surface area contributed by atoms with Crippen molar-refractivity contribution in [2.45, 2.75) is 47.6 Å². The van der Waals surface area contributed by atoms with Crippen molar-refractivity contribution in [1.82, 2.24) is 5.32 Å². The van der Waals surface area contributed by atoms with Gasteiger partial charge in [-0.2, -0.15) is 0 Å². The van der Waals surface area contributed by atoms with Crippen molar-refractivity contribution >= 4 is 0 Å². The SMILES string of the molecule is CCOCC(CNC(C)C)C(C)(C)C. The molecule has 2 heteroatoms. The van der Waals surface area contributed by atoms with E-state index in [9.17, 15) is 0 Å². The molecule has 86 valence electrons. The van der Waals surface area contributed by atoms with Gasteiger partial charge in [-0.15, -0.1) is 0 Å². The third-order valence-electron chi connectivity index (χ3n) is 2.52. The van der Waals surface area contributed by atoms with Gasteiger partial charge in [-0.3, -0.25) is 0 Å². The molecule has 1 unspecified atom stereocenters. The van der Waals surface area contributed by atoms with Crippen LogP contribution in [0.2, 0.25) is 0 Å². The fourth-order valence-electron chi connectivity index (χ4n) is 1.25. The highest BCUT2D eigenvalue weighted by atomic mass is 16.5. The predicted molar refractivity (Wildman–Crippen MR) is 62.6 cm³/mol. The van der Waals surface area contributed by atoms with E-state index in [2.05, 4.69) is 46.9 Å². The second kappa shape index (κ2) is 6.41. The second-order valence-electron chi connectivity index (χ2n) is 5.29. The lowest BCUT2D eigenvalue weighted by Gasteiger charge is -2.31. The van der Waals surface area contributed by atoms with Crippen molar-refractivity contribution in [3.05, 3.63) is 0 Å². The first-order chi connectivity index (χ1) is 6.38. The van der Waals surface area contributed by atoms with E-state index in [1.807, 2.05) is 0 Å². The Morgan fingerprint density at radius 3 is 2.14 bits per heavy atom. The number of hydrogen-bond donors (Lipinski definition) is 1. The monoisotopic (exact) mass is 201 g/mol. The maximum Gasteiger partial charge on any atom is 0.0511 e. The van der Waals surface area contributed by atoms with Gasteiger partial charge in [-0.1, -0.05) is 34.6 Å². The average Bonchev–Trinajstić information content (AvgIpc) is 2.01. The highest BCUT2D eigenvalue weighted by Gasteiger charge is 2.24. The van der Waals surface area contributed by atoms with Gasteiger partial charge in [0.1, 0.15) is 0 Å². The van der Waals surface area contributed by atoms with Gasteiger partial charge < -0.3 is 10.1 Å². The van der Waals surface area contributed by atoms with E-state index in [1.54, 1.807) is 0 Å². The van der Waals surface area contributed by atoms with Gasteiger partial charge in [-0.25, -0.2) is 0 Å². The van der Waals surface area contributed by atoms with E-state index in [4.69, 9.17) is 4.74 Å². The second-order valence-corrected chi connectivity index (χ2v) is 5.29. The summed E-state index contributed by atoms with van der Waals surface area (Å²) in [6, 6.07) is 0.557. The van der Waals surface area contributed by atoms with Crippen molar-refractivity contribution in [3.8, 4) is 0 Å². The molecular formula is C12H27NO. The quantitative estimate of drug-likeness (QED) is 0.713. The van der Waals surface area contributed by atoms with E-state index >= 15 is 0 Å². The number of rotatable bonds is 6. The van der Waals surface area contributed by atoms with Gasteiger partial charge in [0.05, 0.1) is 6.61 Å². The highest BCUT2D eigenvalue weighted by molar-refractivity contribution is 4.76. The smallest absolute Gasteiger partial charge is 0.0511 e. The van der Waals surface area contributed by atoms with Crippen LogP contribution in [0.1, 0.15) is 41.5 Å². The summed E-state index contributed by atoms with van der Waals surface area (Å²) < 4.78 is 5.51. The zero-order valence-electron chi connectivity index (χ0n) is 10.7. The summed E-state index contributed by atoms with van der Waals surface area (Å²) in [4.78, 5) is 0. The van der Waals surface area contributed by atoms with Gasteiger partial charge in [0.15, 0.2) is 0 Å². The largest absolute Gasteiger partial charge is 0.381 e. The molecule has 14 heavy (non-hydrogen) atoms. The van der Waals surface area contributed by atoms with Gasteiger partial charge in [0, 0.05) is 19.2 Å². The molecule has 0 aromatic rings. The Bertz CT molecular complexity index is 138. The molecule has 0 aliphatic heterocycles. The van der Waals surface area contributed by atoms with Crippen molar-refractivity contribution in [2.75, 3.05) is 19.8 Å². The Labute approximate surface area is 89.4 Å². The maximum atomic E-state index is 5.51. The molecule has 0 fully saturated rings. The third-order valence-corrected chi connectivity index (χ3v) is 2.52. The topological polar surface area (TPSA) is 21.3 Å². The Morgan fingerprint density at radius 2 is 1.79 bits per heavy atom. The van der Waals surface area contributed by atoms with Crippen LogP contribution in [0.15, 0.2) is 0 Å². The zero-order valence-corrected chi connectivity index (χ0v) is 10.7. The van der Waals surface area contributed by atoms with E-state index < -0.39 is 0 Å². The van der Waals surface area contributed by atoms with E-state index in [-0.39, 0.29) is 0 Å². The minimum atomic E-state index is 0.317. The molecule has 0 radical (unpaired) electrons. The minimum absolute atomic E-state index is 0.317. The standard InChI is InChI=1S/C12H27NO/c1-7-14-9-11(12(4,5)6)8-13-10(2)3/h10-11,13H,7-9H2,1-6H3. The Hall–Kier alpha value is -0.0800. The number of nitrogens with one attached hydrogen (secondary N) is 1. The van der Waals surface area contributed by atoms with Crippen molar-refractivity contribution in [1.29, 1.82) is 0 Å². The molecule has 0 aromatic carbocycles. The van der Waals surface area contributed by atoms with E-state index in [0.717, 1.165) is 19.8 Å². The van der Waals surface area contributed by atoms with Crippen LogP contribution in [-0.2, 0) is 4.74 Å². The van der Waals surface area contributed by atoms with Crippen LogP contribution in [0.25, 0.3) is 0 Å². The summed E-state index contributed by atoms with van der Waals surface area (Å²) in [6.45, 7) is 16.0. The lowest BCUT2D eigenvalue weighted by atomic mass is 9.81. The molecule has 0 spiro atoms. The van der Waals surface area contributed by atoms with Crippen molar-refractivity contribution in [3.63, 3.8) is 0 Å². The summed E-state index contributed by atoms with van der Waals surface area (Å²) in [5.41, 5.74) is 0.317. The van der Waals surface area contributed by atoms with Crippen LogP contribution in [0.5, 0.6) is 0 Å². The molecule has 0 aromatic heterocycles. The van der Waals surface area contributed by atoms with Crippen LogP contribution in [0.4, 0.5) is 0 Å². The molecule has 0 saturated carbocycles. The molecule has 1 atom stereocenters. The summed E-state index contributed by atoms with van der Waals surface area (Å²) in [6.07, 6.45) is 0. The summed E-state index contributed by atoms with van der Waals surface area (Å²) in [5.74, 6) is 0.588. The van der Waals surface area contributed by atoms with Gasteiger partial charge in [-0.05, 0) is 18.3 Å². The summed E-state index contributed by atoms with van der Waals surface area (Å²) in [5, 5.41) is 3.48. The zero-order chi connectivity index (χ0) is 11.2. The molecule has 0 heterocycles. The van der Waals surface area contributed by atoms with Crippen LogP contribution < -0.4 is 5.32 Å². The summed E-state index contributed by atoms with van der Waals surface area (Å²) >= 11 is 0. The van der Waals surface area contributed by atoms with Crippen molar-refractivity contribution < 1.29 is 4.74 Å². The van der Waals surface area contributed by atoms with Crippen LogP contribution in [0.3, 0.4) is 0 Å². The van der Waals surface area contributed by atoms with Crippen molar-refractivity contribution in [2.24, 2.45) is 11.3 Å².